The molecule has 5 nitrogen and oxygen atoms in total. The van der Waals surface area contributed by atoms with Gasteiger partial charge in [0.1, 0.15) is 5.75 Å². The van der Waals surface area contributed by atoms with Crippen LogP contribution in [-0.4, -0.2) is 25.0 Å². The lowest BCUT2D eigenvalue weighted by molar-refractivity contribution is -0.120. The predicted octanol–water partition coefficient (Wildman–Crippen LogP) is 4.22. The van der Waals surface area contributed by atoms with E-state index < -0.39 is 5.91 Å². The van der Waals surface area contributed by atoms with E-state index in [1.54, 1.807) is 6.07 Å². The summed E-state index contributed by atoms with van der Waals surface area (Å²) in [5, 5.41) is 5.97. The largest absolute Gasteiger partial charge is 0.494 e. The standard InChI is InChI=1S/C20H22Cl2N2O3/c1-2-3-9-27-16-6-4-5-14(10-16)12-23-19(25)13-24-20(26)17-8-7-15(21)11-18(17)22/h4-8,10-11H,2-3,9,12-13H2,1H3,(H,23,25)(H,24,26). The summed E-state index contributed by atoms with van der Waals surface area (Å²) in [5.41, 5.74) is 1.19. The number of carbonyl (C=O) groups is 2. The van der Waals surface area contributed by atoms with Crippen LogP contribution in [0.25, 0.3) is 0 Å². The first kappa shape index (κ1) is 21.1. The molecule has 0 aliphatic heterocycles. The average Bonchev–Trinajstić information content (AvgIpc) is 2.65. The summed E-state index contributed by atoms with van der Waals surface area (Å²) in [4.78, 5) is 24.1. The Hall–Kier alpha value is -2.24. The minimum absolute atomic E-state index is 0.148. The monoisotopic (exact) mass is 408 g/mol. The van der Waals surface area contributed by atoms with Crippen LogP contribution in [-0.2, 0) is 11.3 Å². The van der Waals surface area contributed by atoms with E-state index in [0.717, 1.165) is 24.2 Å². The molecule has 0 aromatic heterocycles. The highest BCUT2D eigenvalue weighted by Gasteiger charge is 2.12. The molecule has 0 bridgehead atoms. The summed E-state index contributed by atoms with van der Waals surface area (Å²) in [7, 11) is 0. The van der Waals surface area contributed by atoms with Crippen molar-refractivity contribution < 1.29 is 14.3 Å². The van der Waals surface area contributed by atoms with Crippen LogP contribution in [0.1, 0.15) is 35.7 Å². The van der Waals surface area contributed by atoms with Gasteiger partial charge in [-0.1, -0.05) is 48.7 Å². The molecule has 0 unspecified atom stereocenters. The van der Waals surface area contributed by atoms with E-state index in [-0.39, 0.29) is 23.0 Å². The number of halogens is 2. The van der Waals surface area contributed by atoms with Gasteiger partial charge in [0, 0.05) is 11.6 Å². The van der Waals surface area contributed by atoms with Gasteiger partial charge in [-0.15, -0.1) is 0 Å². The highest BCUT2D eigenvalue weighted by Crippen LogP contribution is 2.20. The minimum atomic E-state index is -0.432. The van der Waals surface area contributed by atoms with Gasteiger partial charge >= 0.3 is 0 Å². The van der Waals surface area contributed by atoms with Crippen LogP contribution in [0.5, 0.6) is 5.75 Å². The Morgan fingerprint density at radius 3 is 2.63 bits per heavy atom. The van der Waals surface area contributed by atoms with E-state index in [1.807, 2.05) is 24.3 Å². The van der Waals surface area contributed by atoms with Crippen LogP contribution >= 0.6 is 23.2 Å². The molecule has 0 aliphatic rings. The van der Waals surface area contributed by atoms with Crippen molar-refractivity contribution in [3.63, 3.8) is 0 Å². The Kier molecular flexibility index (Phi) is 8.43. The van der Waals surface area contributed by atoms with E-state index in [4.69, 9.17) is 27.9 Å². The molecule has 7 heteroatoms. The number of carbonyl (C=O) groups excluding carboxylic acids is 2. The lowest BCUT2D eigenvalue weighted by Gasteiger charge is -2.10. The van der Waals surface area contributed by atoms with Crippen molar-refractivity contribution in [3.05, 3.63) is 63.6 Å². The van der Waals surface area contributed by atoms with E-state index in [2.05, 4.69) is 17.6 Å². The second-order valence-electron chi connectivity index (χ2n) is 5.93. The van der Waals surface area contributed by atoms with E-state index in [1.165, 1.54) is 12.1 Å². The molecular formula is C20H22Cl2N2O3. The quantitative estimate of drug-likeness (QED) is 0.610. The summed E-state index contributed by atoms with van der Waals surface area (Å²) in [6.07, 6.45) is 2.07. The van der Waals surface area contributed by atoms with Crippen LogP contribution in [0.2, 0.25) is 10.0 Å². The first-order valence-corrected chi connectivity index (χ1v) is 9.47. The molecule has 2 aromatic rings. The van der Waals surface area contributed by atoms with Gasteiger partial charge in [0.15, 0.2) is 0 Å². The normalized spacial score (nSPS) is 10.3. The highest BCUT2D eigenvalue weighted by molar-refractivity contribution is 6.36. The number of rotatable bonds is 9. The second kappa shape index (κ2) is 10.8. The molecule has 0 heterocycles. The van der Waals surface area contributed by atoms with Crippen LogP contribution in [0, 0.1) is 0 Å². The average molecular weight is 409 g/mol. The fourth-order valence-electron chi connectivity index (χ4n) is 2.27. The van der Waals surface area contributed by atoms with Crippen LogP contribution in [0.3, 0.4) is 0 Å². The molecule has 0 aliphatic carbocycles. The van der Waals surface area contributed by atoms with Crippen LogP contribution < -0.4 is 15.4 Å². The molecule has 0 radical (unpaired) electrons. The Morgan fingerprint density at radius 1 is 1.07 bits per heavy atom. The fraction of sp³-hybridized carbons (Fsp3) is 0.300. The first-order valence-electron chi connectivity index (χ1n) is 8.71. The third-order valence-corrected chi connectivity index (χ3v) is 4.29. The summed E-state index contributed by atoms with van der Waals surface area (Å²) >= 11 is 11.8. The predicted molar refractivity (Wildman–Crippen MR) is 107 cm³/mol. The molecule has 27 heavy (non-hydrogen) atoms. The van der Waals surface area contributed by atoms with Gasteiger partial charge in [-0.25, -0.2) is 0 Å². The molecule has 0 saturated carbocycles. The highest BCUT2D eigenvalue weighted by atomic mass is 35.5. The lowest BCUT2D eigenvalue weighted by Crippen LogP contribution is -2.36. The molecule has 0 saturated heterocycles. The molecule has 2 amide bonds. The SMILES string of the molecule is CCCCOc1cccc(CNC(=O)CNC(=O)c2ccc(Cl)cc2Cl)c1. The van der Waals surface area contributed by atoms with Crippen molar-refractivity contribution in [1.29, 1.82) is 0 Å². The Morgan fingerprint density at radius 2 is 1.89 bits per heavy atom. The van der Waals surface area contributed by atoms with E-state index in [0.29, 0.717) is 18.2 Å². The summed E-state index contributed by atoms with van der Waals surface area (Å²) in [5.74, 6) is 0.0461. The zero-order valence-electron chi connectivity index (χ0n) is 15.1. The Labute approximate surface area is 169 Å². The summed E-state index contributed by atoms with van der Waals surface area (Å²) < 4.78 is 5.65. The van der Waals surface area contributed by atoms with Crippen molar-refractivity contribution in [2.45, 2.75) is 26.3 Å². The van der Waals surface area contributed by atoms with Crippen molar-refractivity contribution >= 4 is 35.0 Å². The third kappa shape index (κ3) is 7.12. The summed E-state index contributed by atoms with van der Waals surface area (Å²) in [6, 6.07) is 12.1. The number of amides is 2. The van der Waals surface area contributed by atoms with Gasteiger partial charge < -0.3 is 15.4 Å². The number of nitrogens with one attached hydrogen (secondary N) is 2. The van der Waals surface area contributed by atoms with Crippen LogP contribution in [0.15, 0.2) is 42.5 Å². The van der Waals surface area contributed by atoms with Crippen molar-refractivity contribution in [2.75, 3.05) is 13.2 Å². The fourth-order valence-corrected chi connectivity index (χ4v) is 2.77. The molecule has 0 atom stereocenters. The van der Waals surface area contributed by atoms with Gasteiger partial charge in [0.25, 0.3) is 5.91 Å². The number of ether oxygens (including phenoxy) is 1. The Bertz CT molecular complexity index is 797. The molecule has 144 valence electrons. The van der Waals surface area contributed by atoms with E-state index in [9.17, 15) is 9.59 Å². The number of benzene rings is 2. The molecule has 2 N–H and O–H groups in total. The van der Waals surface area contributed by atoms with Gasteiger partial charge in [-0.2, -0.15) is 0 Å². The maximum atomic E-state index is 12.1. The van der Waals surface area contributed by atoms with Gasteiger partial charge in [0.2, 0.25) is 5.91 Å². The van der Waals surface area contributed by atoms with Gasteiger partial charge in [-0.3, -0.25) is 9.59 Å². The zero-order chi connectivity index (χ0) is 19.6. The van der Waals surface area contributed by atoms with Gasteiger partial charge in [0.05, 0.1) is 23.7 Å². The maximum Gasteiger partial charge on any atom is 0.253 e. The summed E-state index contributed by atoms with van der Waals surface area (Å²) in [6.45, 7) is 2.98. The molecular weight excluding hydrogens is 387 g/mol. The lowest BCUT2D eigenvalue weighted by atomic mass is 10.2. The Balaban J connectivity index is 1.79. The smallest absolute Gasteiger partial charge is 0.253 e. The first-order chi connectivity index (χ1) is 13.0. The van der Waals surface area contributed by atoms with Crippen molar-refractivity contribution in [2.24, 2.45) is 0 Å². The van der Waals surface area contributed by atoms with E-state index >= 15 is 0 Å². The number of hydrogen-bond acceptors (Lipinski definition) is 3. The van der Waals surface area contributed by atoms with Crippen LogP contribution in [0.4, 0.5) is 0 Å². The third-order valence-electron chi connectivity index (χ3n) is 3.74. The van der Waals surface area contributed by atoms with Crippen molar-refractivity contribution in [3.8, 4) is 5.75 Å². The molecule has 2 rings (SSSR count). The molecule has 0 spiro atoms. The topological polar surface area (TPSA) is 67.4 Å². The molecule has 2 aromatic carbocycles. The zero-order valence-corrected chi connectivity index (χ0v) is 16.6. The second-order valence-corrected chi connectivity index (χ2v) is 6.78. The van der Waals surface area contributed by atoms with Gasteiger partial charge in [-0.05, 0) is 42.3 Å². The maximum absolute atomic E-state index is 12.1. The van der Waals surface area contributed by atoms with Crippen molar-refractivity contribution in [1.82, 2.24) is 10.6 Å². The molecule has 0 fully saturated rings. The minimum Gasteiger partial charge on any atom is -0.494 e. The number of unbranched alkanes of at least 4 members (excludes halogenated alkanes) is 1. The number of hydrogen-bond donors (Lipinski definition) is 2.